The Labute approximate surface area is 119 Å². The van der Waals surface area contributed by atoms with Crippen LogP contribution in [0, 0.1) is 17.0 Å². The highest BCUT2D eigenvalue weighted by atomic mass is 19.3. The van der Waals surface area contributed by atoms with Crippen molar-refractivity contribution in [2.45, 2.75) is 25.7 Å². The third-order valence-electron chi connectivity index (χ3n) is 3.67. The van der Waals surface area contributed by atoms with Crippen LogP contribution in [0.25, 0.3) is 0 Å². The van der Waals surface area contributed by atoms with Gasteiger partial charge in [-0.05, 0) is 13.0 Å². The fraction of sp³-hybridized carbons (Fsp3) is 0.462. The predicted molar refractivity (Wildman–Crippen MR) is 72.7 cm³/mol. The Morgan fingerprint density at radius 1 is 1.38 bits per heavy atom. The molecule has 1 saturated heterocycles. The lowest BCUT2D eigenvalue weighted by Crippen LogP contribution is -2.39. The topological polar surface area (TPSA) is 89.5 Å². The molecule has 1 aromatic rings. The number of carbonyl (C=O) groups excluding carboxylic acids is 1. The summed E-state index contributed by atoms with van der Waals surface area (Å²) >= 11 is 0. The number of benzene rings is 1. The zero-order valence-corrected chi connectivity index (χ0v) is 11.4. The number of rotatable bonds is 3. The lowest BCUT2D eigenvalue weighted by molar-refractivity contribution is -0.385. The summed E-state index contributed by atoms with van der Waals surface area (Å²) in [4.78, 5) is 23.4. The lowest BCUT2D eigenvalue weighted by Gasteiger charge is -2.34. The number of piperidine rings is 1. The van der Waals surface area contributed by atoms with Crippen LogP contribution in [0.4, 0.5) is 20.2 Å². The van der Waals surface area contributed by atoms with Crippen molar-refractivity contribution in [3.8, 4) is 0 Å². The predicted octanol–water partition coefficient (Wildman–Crippen LogP) is 2.24. The Kier molecular flexibility index (Phi) is 3.80. The van der Waals surface area contributed by atoms with Gasteiger partial charge in [0, 0.05) is 43.2 Å². The van der Waals surface area contributed by atoms with Crippen LogP contribution in [0.15, 0.2) is 12.1 Å². The number of nitro groups is 1. The van der Waals surface area contributed by atoms with Gasteiger partial charge < -0.3 is 10.6 Å². The SMILES string of the molecule is Cc1c(N2CCC(F)(F)CC2)cc(C(N)=O)cc1[N+](=O)[O-]. The molecule has 0 aromatic heterocycles. The maximum absolute atomic E-state index is 13.2. The molecule has 1 fully saturated rings. The highest BCUT2D eigenvalue weighted by Crippen LogP contribution is 2.35. The molecule has 0 aliphatic carbocycles. The van der Waals surface area contributed by atoms with Crippen molar-refractivity contribution in [1.82, 2.24) is 0 Å². The van der Waals surface area contributed by atoms with Crippen LogP contribution in [-0.2, 0) is 0 Å². The number of alkyl halides is 2. The van der Waals surface area contributed by atoms with E-state index in [2.05, 4.69) is 0 Å². The van der Waals surface area contributed by atoms with E-state index in [9.17, 15) is 23.7 Å². The molecule has 2 N–H and O–H groups in total. The Morgan fingerprint density at radius 2 is 1.95 bits per heavy atom. The highest BCUT2D eigenvalue weighted by Gasteiger charge is 2.35. The number of primary amides is 1. The second kappa shape index (κ2) is 5.27. The molecular formula is C13H15F2N3O3. The van der Waals surface area contributed by atoms with Crippen molar-refractivity contribution in [2.75, 3.05) is 18.0 Å². The van der Waals surface area contributed by atoms with E-state index in [4.69, 9.17) is 5.73 Å². The third kappa shape index (κ3) is 3.09. The molecule has 1 aromatic carbocycles. The van der Waals surface area contributed by atoms with Gasteiger partial charge in [-0.25, -0.2) is 8.78 Å². The van der Waals surface area contributed by atoms with Crippen LogP contribution in [0.2, 0.25) is 0 Å². The van der Waals surface area contributed by atoms with E-state index in [1.54, 1.807) is 4.90 Å². The smallest absolute Gasteiger partial charge is 0.275 e. The molecule has 0 unspecified atom stereocenters. The van der Waals surface area contributed by atoms with Gasteiger partial charge >= 0.3 is 0 Å². The molecule has 2 rings (SSSR count). The van der Waals surface area contributed by atoms with Crippen LogP contribution in [0.1, 0.15) is 28.8 Å². The minimum atomic E-state index is -2.71. The minimum Gasteiger partial charge on any atom is -0.371 e. The van der Waals surface area contributed by atoms with E-state index < -0.39 is 16.8 Å². The molecule has 1 amide bonds. The summed E-state index contributed by atoms with van der Waals surface area (Å²) in [5, 5.41) is 11.0. The number of nitrogens with zero attached hydrogens (tertiary/aromatic N) is 2. The fourth-order valence-corrected chi connectivity index (χ4v) is 2.42. The minimum absolute atomic E-state index is 0.000339. The van der Waals surface area contributed by atoms with Crippen LogP contribution < -0.4 is 10.6 Å². The van der Waals surface area contributed by atoms with Crippen LogP contribution in [0.5, 0.6) is 0 Å². The number of carbonyl (C=O) groups is 1. The lowest BCUT2D eigenvalue weighted by atomic mass is 10.0. The number of nitrogens with two attached hydrogens (primary N) is 1. The summed E-state index contributed by atoms with van der Waals surface area (Å²) in [5.41, 5.74) is 5.69. The number of nitro benzene ring substituents is 1. The van der Waals surface area contributed by atoms with Gasteiger partial charge in [0.2, 0.25) is 5.91 Å². The summed E-state index contributed by atoms with van der Waals surface area (Å²) in [6, 6.07) is 2.54. The second-order valence-corrected chi connectivity index (χ2v) is 5.10. The van der Waals surface area contributed by atoms with Crippen LogP contribution >= 0.6 is 0 Å². The van der Waals surface area contributed by atoms with Crippen molar-refractivity contribution in [1.29, 1.82) is 0 Å². The van der Waals surface area contributed by atoms with Gasteiger partial charge in [-0.1, -0.05) is 0 Å². The van der Waals surface area contributed by atoms with E-state index >= 15 is 0 Å². The zero-order chi connectivity index (χ0) is 15.8. The van der Waals surface area contributed by atoms with E-state index in [1.807, 2.05) is 0 Å². The van der Waals surface area contributed by atoms with Crippen molar-refractivity contribution in [3.63, 3.8) is 0 Å². The molecule has 114 valence electrons. The Bertz CT molecular complexity index is 595. The van der Waals surface area contributed by atoms with Gasteiger partial charge in [0.25, 0.3) is 11.6 Å². The first-order valence-electron chi connectivity index (χ1n) is 6.43. The molecule has 1 aliphatic rings. The molecule has 0 atom stereocenters. The monoisotopic (exact) mass is 299 g/mol. The molecule has 21 heavy (non-hydrogen) atoms. The molecule has 0 radical (unpaired) electrons. The third-order valence-corrected chi connectivity index (χ3v) is 3.67. The van der Waals surface area contributed by atoms with Crippen molar-refractivity contribution < 1.29 is 18.5 Å². The van der Waals surface area contributed by atoms with Crippen molar-refractivity contribution in [3.05, 3.63) is 33.4 Å². The maximum atomic E-state index is 13.2. The van der Waals surface area contributed by atoms with Gasteiger partial charge in [-0.3, -0.25) is 14.9 Å². The molecule has 8 heteroatoms. The molecule has 0 bridgehead atoms. The van der Waals surface area contributed by atoms with E-state index in [0.717, 1.165) is 6.07 Å². The molecule has 0 saturated carbocycles. The average Bonchev–Trinajstić information content (AvgIpc) is 2.38. The molecular weight excluding hydrogens is 284 g/mol. The van der Waals surface area contributed by atoms with Gasteiger partial charge in [0.1, 0.15) is 0 Å². The summed E-state index contributed by atoms with van der Waals surface area (Å²) < 4.78 is 26.4. The Hall–Kier alpha value is -2.25. The largest absolute Gasteiger partial charge is 0.371 e. The van der Waals surface area contributed by atoms with Gasteiger partial charge in [-0.15, -0.1) is 0 Å². The standard InChI is InChI=1S/C13H15F2N3O3/c1-8-10(17-4-2-13(14,15)3-5-17)6-9(12(16)19)7-11(8)18(20)21/h6-7H,2-5H2,1H3,(H2,16,19). The summed E-state index contributed by atoms with van der Waals surface area (Å²) in [7, 11) is 0. The maximum Gasteiger partial charge on any atom is 0.275 e. The quantitative estimate of drug-likeness (QED) is 0.684. The van der Waals surface area contributed by atoms with Crippen molar-refractivity contribution in [2.24, 2.45) is 5.73 Å². The van der Waals surface area contributed by atoms with E-state index in [0.29, 0.717) is 11.3 Å². The van der Waals surface area contributed by atoms with Gasteiger partial charge in [-0.2, -0.15) is 0 Å². The molecule has 6 nitrogen and oxygen atoms in total. The number of hydrogen-bond acceptors (Lipinski definition) is 4. The summed E-state index contributed by atoms with van der Waals surface area (Å²) in [5.74, 6) is -3.50. The highest BCUT2D eigenvalue weighted by molar-refractivity contribution is 5.95. The normalized spacial score (nSPS) is 17.6. The first kappa shape index (κ1) is 15.1. The summed E-state index contributed by atoms with van der Waals surface area (Å²) in [6.07, 6.45) is -0.637. The molecule has 0 spiro atoms. The van der Waals surface area contributed by atoms with E-state index in [1.165, 1.54) is 13.0 Å². The Balaban J connectivity index is 2.43. The van der Waals surface area contributed by atoms with Crippen LogP contribution in [-0.4, -0.2) is 29.8 Å². The van der Waals surface area contributed by atoms with E-state index in [-0.39, 0.29) is 37.2 Å². The first-order valence-corrected chi connectivity index (χ1v) is 6.43. The number of hydrogen-bond donors (Lipinski definition) is 1. The van der Waals surface area contributed by atoms with Gasteiger partial charge in [0.05, 0.1) is 10.5 Å². The molecule has 1 heterocycles. The second-order valence-electron chi connectivity index (χ2n) is 5.10. The number of amides is 1. The van der Waals surface area contributed by atoms with Crippen LogP contribution in [0.3, 0.4) is 0 Å². The number of halogens is 2. The average molecular weight is 299 g/mol. The zero-order valence-electron chi connectivity index (χ0n) is 11.4. The Morgan fingerprint density at radius 3 is 2.43 bits per heavy atom. The first-order chi connectivity index (χ1) is 9.71. The van der Waals surface area contributed by atoms with Crippen molar-refractivity contribution >= 4 is 17.3 Å². The number of anilines is 1. The summed E-state index contributed by atoms with van der Waals surface area (Å²) in [6.45, 7) is 1.69. The van der Waals surface area contributed by atoms with Gasteiger partial charge in [0.15, 0.2) is 0 Å². The molecule has 1 aliphatic heterocycles. The fourth-order valence-electron chi connectivity index (χ4n) is 2.42.